The molecule has 9 rings (SSSR count). The van der Waals surface area contributed by atoms with E-state index in [2.05, 4.69) is 176 Å². The van der Waals surface area contributed by atoms with E-state index >= 15 is 0 Å². The van der Waals surface area contributed by atoms with Gasteiger partial charge in [-0.3, -0.25) is 0 Å². The number of nitrogens with one attached hydrogen (secondary N) is 3. The summed E-state index contributed by atoms with van der Waals surface area (Å²) in [6.45, 7) is 8.91. The Morgan fingerprint density at radius 1 is 0.490 bits per heavy atom. The summed E-state index contributed by atoms with van der Waals surface area (Å²) in [7, 11) is 0. The fourth-order valence-electron chi connectivity index (χ4n) is 7.41. The van der Waals surface area contributed by atoms with Gasteiger partial charge in [0.2, 0.25) is 0 Å². The zero-order valence-electron chi connectivity index (χ0n) is 29.3. The molecule has 2 aromatic carbocycles. The minimum atomic E-state index is 0.123. The molecule has 0 amide bonds. The molecule has 1 aliphatic heterocycles. The Kier molecular flexibility index (Phi) is 7.50. The van der Waals surface area contributed by atoms with Crippen molar-refractivity contribution in [2.45, 2.75) is 45.4 Å². The predicted octanol–water partition coefficient (Wildman–Crippen LogP) is 12.8. The van der Waals surface area contributed by atoms with Crippen molar-refractivity contribution in [2.24, 2.45) is 0 Å². The van der Waals surface area contributed by atoms with Gasteiger partial charge < -0.3 is 19.4 Å². The van der Waals surface area contributed by atoms with Crippen LogP contribution >= 0.6 is 0 Å². The summed E-state index contributed by atoms with van der Waals surface area (Å²) in [5.74, 6) is 1.01. The van der Waals surface area contributed by atoms with Crippen molar-refractivity contribution in [3.05, 3.63) is 149 Å². The molecular formula is C46H40N4O. The molecule has 0 fully saturated rings. The number of rotatable bonds is 5. The van der Waals surface area contributed by atoms with E-state index in [4.69, 9.17) is 9.40 Å². The molecule has 6 heterocycles. The van der Waals surface area contributed by atoms with Crippen LogP contribution in [0.15, 0.2) is 126 Å². The molecule has 1 aliphatic carbocycles. The van der Waals surface area contributed by atoms with Gasteiger partial charge in [0.25, 0.3) is 0 Å². The molecule has 2 aliphatic rings. The van der Waals surface area contributed by atoms with E-state index in [1.807, 2.05) is 0 Å². The Morgan fingerprint density at radius 2 is 0.941 bits per heavy atom. The second-order valence-corrected chi connectivity index (χ2v) is 14.2. The lowest BCUT2D eigenvalue weighted by Gasteiger charge is -2.08. The first-order chi connectivity index (χ1) is 24.9. The molecule has 10 bridgehead atoms. The smallest absolute Gasteiger partial charge is 0.137 e. The van der Waals surface area contributed by atoms with Crippen LogP contribution in [0.4, 0.5) is 0 Å². The molecule has 7 aromatic rings. The molecule has 5 nitrogen and oxygen atoms in total. The highest BCUT2D eigenvalue weighted by atomic mass is 16.3. The van der Waals surface area contributed by atoms with Gasteiger partial charge in [-0.2, -0.15) is 0 Å². The Hall–Kier alpha value is -6.07. The Labute approximate surface area is 297 Å². The standard InChI is InChI=1S/C46H40N4O/c1-27(2)29-9-13-32(14-10-29)45-40-23-19-36(49-40)34-17-21-38(47-34)44(31-7-5-6-8-31)39-22-18-35(48-39)37-20-24-41(50-37)46(43-26-25-42(45)51-43)33-15-11-30(12-16-33)28(3)4/h5-28,31,47,49-50H,1-4H3. The zero-order valence-corrected chi connectivity index (χ0v) is 29.3. The molecule has 0 atom stereocenters. The molecule has 0 saturated carbocycles. The molecule has 0 unspecified atom stereocenters. The zero-order chi connectivity index (χ0) is 34.6. The van der Waals surface area contributed by atoms with E-state index in [1.165, 1.54) is 11.1 Å². The molecule has 250 valence electrons. The van der Waals surface area contributed by atoms with E-state index in [1.54, 1.807) is 0 Å². The summed E-state index contributed by atoms with van der Waals surface area (Å²) >= 11 is 0. The minimum absolute atomic E-state index is 0.123. The maximum atomic E-state index is 6.93. The summed E-state index contributed by atoms with van der Waals surface area (Å²) in [4.78, 5) is 16.4. The topological polar surface area (TPSA) is 73.4 Å². The van der Waals surface area contributed by atoms with Gasteiger partial charge in [0, 0.05) is 28.1 Å². The number of hydrogen-bond donors (Lipinski definition) is 3. The van der Waals surface area contributed by atoms with Gasteiger partial charge in [-0.1, -0.05) is 101 Å². The van der Waals surface area contributed by atoms with Crippen molar-refractivity contribution in [3.8, 4) is 22.3 Å². The molecule has 0 saturated heterocycles. The van der Waals surface area contributed by atoms with Crippen molar-refractivity contribution in [1.82, 2.24) is 19.9 Å². The average molecular weight is 665 g/mol. The van der Waals surface area contributed by atoms with Crippen LogP contribution < -0.4 is 0 Å². The summed E-state index contributed by atoms with van der Waals surface area (Å²) in [5.41, 5.74) is 17.4. The van der Waals surface area contributed by atoms with Crippen LogP contribution in [0.3, 0.4) is 0 Å². The fourth-order valence-corrected chi connectivity index (χ4v) is 7.41. The van der Waals surface area contributed by atoms with Crippen LogP contribution in [-0.2, 0) is 0 Å². The first-order valence-corrected chi connectivity index (χ1v) is 17.9. The van der Waals surface area contributed by atoms with Gasteiger partial charge in [0.1, 0.15) is 11.2 Å². The first kappa shape index (κ1) is 30.9. The van der Waals surface area contributed by atoms with Crippen molar-refractivity contribution in [3.63, 3.8) is 0 Å². The van der Waals surface area contributed by atoms with Gasteiger partial charge in [0.05, 0.1) is 39.0 Å². The van der Waals surface area contributed by atoms with Crippen molar-refractivity contribution < 1.29 is 4.42 Å². The average Bonchev–Trinajstić information content (AvgIpc) is 3.98. The number of furan rings is 1. The highest BCUT2D eigenvalue weighted by molar-refractivity contribution is 5.97. The van der Waals surface area contributed by atoms with Crippen molar-refractivity contribution in [2.75, 3.05) is 0 Å². The van der Waals surface area contributed by atoms with Crippen LogP contribution in [0.5, 0.6) is 0 Å². The van der Waals surface area contributed by atoms with Gasteiger partial charge >= 0.3 is 0 Å². The Balaban J connectivity index is 1.40. The number of nitrogens with zero attached hydrogens (tertiary/aromatic N) is 1. The maximum absolute atomic E-state index is 6.93. The molecule has 3 N–H and O–H groups in total. The van der Waals surface area contributed by atoms with Crippen LogP contribution in [0.1, 0.15) is 73.5 Å². The number of aromatic amines is 3. The number of fused-ring (bicyclic) bond motifs is 12. The van der Waals surface area contributed by atoms with Crippen LogP contribution in [0.25, 0.3) is 78.7 Å². The van der Waals surface area contributed by atoms with Gasteiger partial charge in [0.15, 0.2) is 0 Å². The monoisotopic (exact) mass is 664 g/mol. The fraction of sp³-hybridized carbons (Fsp3) is 0.152. The van der Waals surface area contributed by atoms with Crippen molar-refractivity contribution in [1.29, 1.82) is 0 Å². The Bertz CT molecular complexity index is 2670. The predicted molar refractivity (Wildman–Crippen MR) is 214 cm³/mol. The molecular weight excluding hydrogens is 625 g/mol. The van der Waals surface area contributed by atoms with Crippen molar-refractivity contribution >= 4 is 56.4 Å². The lowest BCUT2D eigenvalue weighted by atomic mass is 9.98. The lowest BCUT2D eigenvalue weighted by molar-refractivity contribution is 0.668. The number of H-pyrrole nitrogens is 3. The van der Waals surface area contributed by atoms with Gasteiger partial charge in [-0.05, 0) is 94.8 Å². The third-order valence-corrected chi connectivity index (χ3v) is 10.3. The normalized spacial score (nSPS) is 13.5. The molecule has 51 heavy (non-hydrogen) atoms. The summed E-state index contributed by atoms with van der Waals surface area (Å²) < 4.78 is 6.93. The summed E-state index contributed by atoms with van der Waals surface area (Å²) in [5, 5.41) is 0. The second-order valence-electron chi connectivity index (χ2n) is 14.2. The van der Waals surface area contributed by atoms with Crippen LogP contribution in [0, 0.1) is 0 Å². The molecule has 5 heteroatoms. The van der Waals surface area contributed by atoms with Crippen LogP contribution in [-0.4, -0.2) is 19.9 Å². The van der Waals surface area contributed by atoms with E-state index in [0.29, 0.717) is 11.8 Å². The summed E-state index contributed by atoms with van der Waals surface area (Å²) in [6.07, 6.45) is 12.9. The largest absolute Gasteiger partial charge is 0.456 e. The number of hydrogen-bond acceptors (Lipinski definition) is 2. The van der Waals surface area contributed by atoms with E-state index in [0.717, 1.165) is 83.5 Å². The van der Waals surface area contributed by atoms with Gasteiger partial charge in [-0.25, -0.2) is 4.98 Å². The van der Waals surface area contributed by atoms with E-state index in [-0.39, 0.29) is 5.92 Å². The third-order valence-electron chi connectivity index (χ3n) is 10.3. The minimum Gasteiger partial charge on any atom is -0.456 e. The van der Waals surface area contributed by atoms with E-state index < -0.39 is 0 Å². The lowest BCUT2D eigenvalue weighted by Crippen LogP contribution is -1.94. The molecule has 0 spiro atoms. The quantitative estimate of drug-likeness (QED) is 0.171. The highest BCUT2D eigenvalue weighted by Gasteiger charge is 2.18. The molecule has 0 radical (unpaired) electrons. The molecule has 5 aromatic heterocycles. The number of allylic oxidation sites excluding steroid dienone is 4. The van der Waals surface area contributed by atoms with E-state index in [9.17, 15) is 0 Å². The first-order valence-electron chi connectivity index (χ1n) is 17.9. The second kappa shape index (κ2) is 12.4. The van der Waals surface area contributed by atoms with Gasteiger partial charge in [-0.15, -0.1) is 0 Å². The summed E-state index contributed by atoms with van der Waals surface area (Å²) in [6, 6.07) is 34.8. The third kappa shape index (κ3) is 5.55. The number of aromatic nitrogens is 4. The Morgan fingerprint density at radius 3 is 1.49 bits per heavy atom. The SMILES string of the molecule is CC(C)c1ccc(-c2c3ccc([nH]3)c3nc(c(C4C=CC=C4)c4ccc([nH]4)c4ccc([nH]4)c(-c4ccc(C(C)C)cc4)c4ccc2o4)C=C3)cc1. The highest BCUT2D eigenvalue weighted by Crippen LogP contribution is 2.37. The van der Waals surface area contributed by atoms with Crippen LogP contribution in [0.2, 0.25) is 0 Å². The number of benzene rings is 2. The maximum Gasteiger partial charge on any atom is 0.137 e.